The van der Waals surface area contributed by atoms with Gasteiger partial charge in [0.05, 0.1) is 31.1 Å². The number of nitrogens with zero attached hydrogens (tertiary/aromatic N) is 4. The number of aliphatic hydroxyl groups excluding tert-OH is 1. The van der Waals surface area contributed by atoms with Crippen molar-refractivity contribution in [3.8, 4) is 17.2 Å². The van der Waals surface area contributed by atoms with Crippen molar-refractivity contribution in [3.63, 3.8) is 0 Å². The summed E-state index contributed by atoms with van der Waals surface area (Å²) in [6.45, 7) is 3.87. The van der Waals surface area contributed by atoms with Gasteiger partial charge in [-0.05, 0) is 37.3 Å². The smallest absolute Gasteiger partial charge is 0.321 e. The zero-order valence-corrected chi connectivity index (χ0v) is 25.0. The van der Waals surface area contributed by atoms with Crippen molar-refractivity contribution in [3.05, 3.63) is 54.5 Å². The maximum atomic E-state index is 13.7. The van der Waals surface area contributed by atoms with Gasteiger partial charge in [-0.2, -0.15) is 8.42 Å². The topological polar surface area (TPSA) is 165 Å². The second-order valence-corrected chi connectivity index (χ2v) is 12.3. The van der Waals surface area contributed by atoms with Crippen LogP contribution in [-0.2, 0) is 17.1 Å². The number of hydrogen-bond donors (Lipinski definition) is 3. The summed E-state index contributed by atoms with van der Waals surface area (Å²) in [6, 6.07) is 8.61. The highest BCUT2D eigenvalue weighted by molar-refractivity contribution is 7.92. The number of sulfonamides is 1. The molecule has 2 aliphatic rings. The van der Waals surface area contributed by atoms with E-state index >= 15 is 0 Å². The van der Waals surface area contributed by atoms with Crippen molar-refractivity contribution >= 4 is 33.3 Å². The Morgan fingerprint density at radius 1 is 1.16 bits per heavy atom. The summed E-state index contributed by atoms with van der Waals surface area (Å²) < 4.78 is 46.7. The molecule has 0 radical (unpaired) electrons. The van der Waals surface area contributed by atoms with Gasteiger partial charge in [-0.25, -0.2) is 9.78 Å². The van der Waals surface area contributed by atoms with E-state index in [0.717, 1.165) is 0 Å². The second kappa shape index (κ2) is 12.0. The molecule has 230 valence electrons. The van der Waals surface area contributed by atoms with Gasteiger partial charge in [0, 0.05) is 50.2 Å². The molecule has 2 aliphatic heterocycles. The van der Waals surface area contributed by atoms with E-state index in [-0.39, 0.29) is 60.5 Å². The number of rotatable bonds is 8. The molecule has 3 amide bonds. The van der Waals surface area contributed by atoms with Gasteiger partial charge in [0.1, 0.15) is 11.9 Å². The molecular weight excluding hydrogens is 580 g/mol. The largest absolute Gasteiger partial charge is 0.487 e. The molecule has 3 heterocycles. The van der Waals surface area contributed by atoms with Crippen molar-refractivity contribution in [1.82, 2.24) is 19.4 Å². The normalized spacial score (nSPS) is 18.6. The highest BCUT2D eigenvalue weighted by Crippen LogP contribution is 2.35. The van der Waals surface area contributed by atoms with Gasteiger partial charge in [-0.1, -0.05) is 6.92 Å². The standard InChI is InChI=1S/C28H34N6O8S/c1-17-11-34(18(2)14-35)27(36)21-9-20(31-43(38,39)26-13-32(3)15-29-26)6-7-22(21)42-25(17)12-33(4)28(37)30-19-5-8-23-24(10-19)41-16-40-23/h5-10,13,15,17-18,25,31,35H,11-12,14,16H2,1-4H3,(H,30,37)/t17-,18+,25+/m0/s1. The molecule has 3 aromatic rings. The van der Waals surface area contributed by atoms with Crippen LogP contribution in [-0.4, -0.2) is 90.5 Å². The molecule has 15 heteroatoms. The third-order valence-corrected chi connectivity index (χ3v) is 8.56. The number of fused-ring (bicyclic) bond motifs is 2. The number of aromatic nitrogens is 2. The van der Waals surface area contributed by atoms with Gasteiger partial charge in [0.25, 0.3) is 15.9 Å². The van der Waals surface area contributed by atoms with E-state index in [4.69, 9.17) is 14.2 Å². The molecule has 3 N–H and O–H groups in total. The van der Waals surface area contributed by atoms with E-state index in [1.54, 1.807) is 39.2 Å². The molecule has 0 aliphatic carbocycles. The fourth-order valence-electron chi connectivity index (χ4n) is 4.79. The van der Waals surface area contributed by atoms with E-state index < -0.39 is 28.1 Å². The quantitative estimate of drug-likeness (QED) is 0.345. The van der Waals surface area contributed by atoms with Crippen molar-refractivity contribution in [2.24, 2.45) is 13.0 Å². The highest BCUT2D eigenvalue weighted by atomic mass is 32.2. The van der Waals surface area contributed by atoms with E-state index in [2.05, 4.69) is 15.0 Å². The third-order valence-electron chi connectivity index (χ3n) is 7.30. The van der Waals surface area contributed by atoms with E-state index in [9.17, 15) is 23.1 Å². The maximum absolute atomic E-state index is 13.7. The van der Waals surface area contributed by atoms with E-state index in [1.807, 2.05) is 6.92 Å². The molecule has 0 saturated heterocycles. The summed E-state index contributed by atoms with van der Waals surface area (Å²) in [5.41, 5.74) is 0.793. The Hall–Kier alpha value is -4.50. The monoisotopic (exact) mass is 614 g/mol. The Balaban J connectivity index is 1.38. The molecule has 2 aromatic carbocycles. The predicted molar refractivity (Wildman–Crippen MR) is 156 cm³/mol. The van der Waals surface area contributed by atoms with Crippen LogP contribution in [0, 0.1) is 5.92 Å². The van der Waals surface area contributed by atoms with Crippen LogP contribution in [0.25, 0.3) is 0 Å². The number of anilines is 2. The lowest BCUT2D eigenvalue weighted by molar-refractivity contribution is 0.0371. The van der Waals surface area contributed by atoms with Crippen molar-refractivity contribution in [2.45, 2.75) is 31.0 Å². The number of benzene rings is 2. The van der Waals surface area contributed by atoms with Crippen LogP contribution in [0.4, 0.5) is 16.2 Å². The first-order valence-electron chi connectivity index (χ1n) is 13.6. The summed E-state index contributed by atoms with van der Waals surface area (Å²) in [6.07, 6.45) is 2.18. The minimum Gasteiger partial charge on any atom is -0.487 e. The Morgan fingerprint density at radius 2 is 1.88 bits per heavy atom. The molecule has 0 saturated carbocycles. The van der Waals surface area contributed by atoms with Crippen LogP contribution < -0.4 is 24.2 Å². The van der Waals surface area contributed by atoms with Gasteiger partial charge < -0.3 is 39.0 Å². The predicted octanol–water partition coefficient (Wildman–Crippen LogP) is 2.33. The molecular formula is C28H34N6O8S. The number of ether oxygens (including phenoxy) is 3. The fraction of sp³-hybridized carbons (Fsp3) is 0.393. The maximum Gasteiger partial charge on any atom is 0.321 e. The Bertz CT molecular complexity index is 1630. The number of carbonyl (C=O) groups excluding carboxylic acids is 2. The molecule has 3 atom stereocenters. The van der Waals surface area contributed by atoms with Gasteiger partial charge in [-0.3, -0.25) is 9.52 Å². The lowest BCUT2D eigenvalue weighted by atomic mass is 9.99. The third kappa shape index (κ3) is 6.46. The van der Waals surface area contributed by atoms with Crippen molar-refractivity contribution in [1.29, 1.82) is 0 Å². The highest BCUT2D eigenvalue weighted by Gasteiger charge is 2.34. The number of likely N-dealkylation sites (N-methyl/N-ethyl adjacent to an activating group) is 1. The number of aryl methyl sites for hydroxylation is 1. The van der Waals surface area contributed by atoms with Crippen LogP contribution in [0.15, 0.2) is 53.9 Å². The van der Waals surface area contributed by atoms with Gasteiger partial charge in [-0.15, -0.1) is 0 Å². The summed E-state index contributed by atoms with van der Waals surface area (Å²) in [7, 11) is -0.731. The van der Waals surface area contributed by atoms with Crippen molar-refractivity contribution in [2.75, 3.05) is 43.6 Å². The molecule has 1 aromatic heterocycles. The van der Waals surface area contributed by atoms with Crippen LogP contribution in [0.1, 0.15) is 24.2 Å². The minimum absolute atomic E-state index is 0.117. The summed E-state index contributed by atoms with van der Waals surface area (Å²) >= 11 is 0. The van der Waals surface area contributed by atoms with Gasteiger partial charge >= 0.3 is 6.03 Å². The Morgan fingerprint density at radius 3 is 2.60 bits per heavy atom. The number of carbonyl (C=O) groups is 2. The molecule has 43 heavy (non-hydrogen) atoms. The summed E-state index contributed by atoms with van der Waals surface area (Å²) in [4.78, 5) is 33.7. The lowest BCUT2D eigenvalue weighted by Gasteiger charge is -2.38. The van der Waals surface area contributed by atoms with E-state index in [0.29, 0.717) is 17.2 Å². The summed E-state index contributed by atoms with van der Waals surface area (Å²) in [5, 5.41) is 12.6. The summed E-state index contributed by atoms with van der Waals surface area (Å²) in [5.74, 6) is 0.704. The first kappa shape index (κ1) is 30.0. The fourth-order valence-corrected chi connectivity index (χ4v) is 5.82. The molecule has 0 bridgehead atoms. The minimum atomic E-state index is -4.02. The molecule has 0 unspecified atom stereocenters. The SMILES string of the molecule is C[C@H](CO)N1C[C@H](C)[C@@H](CN(C)C(=O)Nc2ccc3c(c2)OCO3)Oc2ccc(NS(=O)(=O)c3cn(C)cn3)cc2C1=O. The average molecular weight is 615 g/mol. The molecule has 5 rings (SSSR count). The number of aliphatic hydroxyl groups is 1. The van der Waals surface area contributed by atoms with Crippen LogP contribution >= 0.6 is 0 Å². The number of amides is 3. The molecule has 0 fully saturated rings. The first-order valence-corrected chi connectivity index (χ1v) is 15.1. The van der Waals surface area contributed by atoms with Crippen molar-refractivity contribution < 1.29 is 37.3 Å². The number of nitrogens with one attached hydrogen (secondary N) is 2. The average Bonchev–Trinajstić information content (AvgIpc) is 3.63. The van der Waals surface area contributed by atoms with Crippen LogP contribution in [0.3, 0.4) is 0 Å². The van der Waals surface area contributed by atoms with Crippen LogP contribution in [0.2, 0.25) is 0 Å². The number of hydrogen-bond acceptors (Lipinski definition) is 9. The van der Waals surface area contributed by atoms with E-state index in [1.165, 1.54) is 45.1 Å². The number of imidazole rings is 1. The zero-order chi connectivity index (χ0) is 30.9. The lowest BCUT2D eigenvalue weighted by Crippen LogP contribution is -2.50. The Kier molecular flexibility index (Phi) is 8.37. The Labute approximate surface area is 249 Å². The van der Waals surface area contributed by atoms with Gasteiger partial charge in [0.15, 0.2) is 16.5 Å². The molecule has 0 spiro atoms. The second-order valence-electron chi connectivity index (χ2n) is 10.7. The molecule has 14 nitrogen and oxygen atoms in total. The number of urea groups is 1. The van der Waals surface area contributed by atoms with Crippen LogP contribution in [0.5, 0.6) is 17.2 Å². The first-order chi connectivity index (χ1) is 20.4. The zero-order valence-electron chi connectivity index (χ0n) is 24.2. The van der Waals surface area contributed by atoms with Gasteiger partial charge in [0.2, 0.25) is 6.79 Å².